The van der Waals surface area contributed by atoms with Crippen molar-refractivity contribution in [2.24, 2.45) is 0 Å². The van der Waals surface area contributed by atoms with Crippen LogP contribution in [0.1, 0.15) is 46.1 Å². The van der Waals surface area contributed by atoms with E-state index in [9.17, 15) is 26.8 Å². The second kappa shape index (κ2) is 12.8. The van der Waals surface area contributed by atoms with Gasteiger partial charge in [-0.2, -0.15) is 0 Å². The standard InChI is InChI=1S/C33H28ClF2NO5S/c1-2-42-33(39)32-29(24-11-7-13-27(36)19-24)37(20-21-8-4-3-5-9-21)28(23-10-6-12-26(35)18-23)31(43(32,40)41)30(38)22-14-16-25(34)17-15-22/h3-19,28-29,31-32H,2,20H2,1H3/t28-,29+,31+,32-/m1/s1. The molecule has 43 heavy (non-hydrogen) atoms. The third kappa shape index (κ3) is 6.25. The van der Waals surface area contributed by atoms with Gasteiger partial charge in [-0.3, -0.25) is 14.5 Å². The molecule has 4 aromatic rings. The van der Waals surface area contributed by atoms with Crippen molar-refractivity contribution < 1.29 is 31.5 Å². The second-order valence-corrected chi connectivity index (χ2v) is 12.8. The van der Waals surface area contributed by atoms with Crippen molar-refractivity contribution in [3.05, 3.63) is 142 Å². The first-order valence-electron chi connectivity index (χ1n) is 13.6. The molecule has 4 atom stereocenters. The summed E-state index contributed by atoms with van der Waals surface area (Å²) in [5, 5.41) is -3.41. The number of carbonyl (C=O) groups is 2. The van der Waals surface area contributed by atoms with Gasteiger partial charge in [-0.25, -0.2) is 17.2 Å². The Balaban J connectivity index is 1.83. The Kier molecular flexibility index (Phi) is 9.05. The summed E-state index contributed by atoms with van der Waals surface area (Å²) in [7, 11) is -4.73. The highest BCUT2D eigenvalue weighted by Gasteiger charge is 2.59. The molecule has 5 rings (SSSR count). The van der Waals surface area contributed by atoms with Crippen LogP contribution in [0.3, 0.4) is 0 Å². The van der Waals surface area contributed by atoms with Gasteiger partial charge in [0.15, 0.2) is 20.9 Å². The van der Waals surface area contributed by atoms with Gasteiger partial charge in [0, 0.05) is 17.1 Å². The first-order chi connectivity index (χ1) is 20.6. The largest absolute Gasteiger partial charge is 0.465 e. The summed E-state index contributed by atoms with van der Waals surface area (Å²) in [4.78, 5) is 29.5. The monoisotopic (exact) mass is 623 g/mol. The number of ketones is 1. The Bertz CT molecular complexity index is 1730. The molecule has 1 saturated heterocycles. The number of sulfone groups is 1. The lowest BCUT2D eigenvalue weighted by molar-refractivity contribution is -0.144. The molecule has 0 aromatic heterocycles. The number of nitrogens with zero attached hydrogens (tertiary/aromatic N) is 1. The van der Waals surface area contributed by atoms with Crippen LogP contribution in [-0.2, 0) is 25.9 Å². The Morgan fingerprint density at radius 1 is 0.791 bits per heavy atom. The molecule has 0 spiro atoms. The van der Waals surface area contributed by atoms with Crippen molar-refractivity contribution in [2.75, 3.05) is 6.61 Å². The van der Waals surface area contributed by atoms with Crippen molar-refractivity contribution in [2.45, 2.75) is 36.1 Å². The molecule has 1 heterocycles. The molecular formula is C33H28ClF2NO5S. The maximum absolute atomic E-state index is 14.8. The van der Waals surface area contributed by atoms with Gasteiger partial charge in [-0.05, 0) is 72.1 Å². The minimum absolute atomic E-state index is 0.0407. The van der Waals surface area contributed by atoms with Crippen LogP contribution in [0.4, 0.5) is 8.78 Å². The fraction of sp³-hybridized carbons (Fsp3) is 0.212. The van der Waals surface area contributed by atoms with Crippen LogP contribution in [0.25, 0.3) is 0 Å². The summed E-state index contributed by atoms with van der Waals surface area (Å²) in [6, 6.07) is 22.9. The van der Waals surface area contributed by atoms with Gasteiger partial charge < -0.3 is 4.74 Å². The lowest BCUT2D eigenvalue weighted by Gasteiger charge is -2.48. The predicted octanol–water partition coefficient (Wildman–Crippen LogP) is 6.51. The highest BCUT2D eigenvalue weighted by molar-refractivity contribution is 7.94. The SMILES string of the molecule is CCOC(=O)[C@H]1[C@H](c2cccc(F)c2)N(Cc2ccccc2)[C@H](c2cccc(F)c2)[C@@H](C(=O)c2ccc(Cl)cc2)S1(=O)=O. The first kappa shape index (κ1) is 30.5. The van der Waals surface area contributed by atoms with Gasteiger partial charge in [0.25, 0.3) is 0 Å². The summed E-state index contributed by atoms with van der Waals surface area (Å²) in [5.41, 5.74) is 1.17. The Morgan fingerprint density at radius 2 is 1.35 bits per heavy atom. The minimum atomic E-state index is -4.73. The average Bonchev–Trinajstić information content (AvgIpc) is 2.98. The van der Waals surface area contributed by atoms with Crippen LogP contribution in [0.5, 0.6) is 0 Å². The van der Waals surface area contributed by atoms with Gasteiger partial charge in [-0.1, -0.05) is 66.2 Å². The van der Waals surface area contributed by atoms with Crippen LogP contribution in [0.2, 0.25) is 5.02 Å². The molecule has 6 nitrogen and oxygen atoms in total. The van der Waals surface area contributed by atoms with E-state index in [4.69, 9.17) is 16.3 Å². The topological polar surface area (TPSA) is 80.8 Å². The molecule has 0 unspecified atom stereocenters. The van der Waals surface area contributed by atoms with E-state index < -0.39 is 55.8 Å². The van der Waals surface area contributed by atoms with Crippen molar-refractivity contribution in [1.29, 1.82) is 0 Å². The molecule has 0 aliphatic carbocycles. The molecule has 1 aliphatic rings. The summed E-state index contributed by atoms with van der Waals surface area (Å²) < 4.78 is 64.1. The fourth-order valence-corrected chi connectivity index (χ4v) is 8.26. The summed E-state index contributed by atoms with van der Waals surface area (Å²) in [6.07, 6.45) is 0. The number of Topliss-reactive ketones (excluding diaryl/α,β-unsaturated/α-hetero) is 1. The van der Waals surface area contributed by atoms with E-state index >= 15 is 0 Å². The van der Waals surface area contributed by atoms with Gasteiger partial charge in [0.05, 0.1) is 18.7 Å². The highest BCUT2D eigenvalue weighted by atomic mass is 35.5. The predicted molar refractivity (Wildman–Crippen MR) is 159 cm³/mol. The van der Waals surface area contributed by atoms with Gasteiger partial charge >= 0.3 is 5.97 Å². The van der Waals surface area contributed by atoms with Crippen LogP contribution in [0.15, 0.2) is 103 Å². The van der Waals surface area contributed by atoms with Gasteiger partial charge in [-0.15, -0.1) is 0 Å². The van der Waals surface area contributed by atoms with Crippen LogP contribution < -0.4 is 0 Å². The minimum Gasteiger partial charge on any atom is -0.465 e. The summed E-state index contributed by atoms with van der Waals surface area (Å²) >= 11 is 6.04. The number of esters is 1. The Hall–Kier alpha value is -3.92. The maximum atomic E-state index is 14.8. The summed E-state index contributed by atoms with van der Waals surface area (Å²) in [6.45, 7) is 1.46. The zero-order valence-electron chi connectivity index (χ0n) is 23.1. The first-order valence-corrected chi connectivity index (χ1v) is 15.6. The zero-order chi connectivity index (χ0) is 30.7. The normalized spacial score (nSPS) is 21.7. The number of hydrogen-bond donors (Lipinski definition) is 0. The molecule has 222 valence electrons. The van der Waals surface area contributed by atoms with Crippen LogP contribution in [0, 0.1) is 11.6 Å². The Labute approximate surface area is 253 Å². The quantitative estimate of drug-likeness (QED) is 0.164. The fourth-order valence-electron chi connectivity index (χ4n) is 5.70. The maximum Gasteiger partial charge on any atom is 0.326 e. The number of ether oxygens (including phenoxy) is 1. The van der Waals surface area contributed by atoms with E-state index in [1.54, 1.807) is 17.0 Å². The number of rotatable bonds is 8. The molecule has 4 aromatic carbocycles. The van der Waals surface area contributed by atoms with E-state index in [0.29, 0.717) is 5.02 Å². The van der Waals surface area contributed by atoms with Crippen molar-refractivity contribution in [3.63, 3.8) is 0 Å². The molecule has 1 fully saturated rings. The number of carbonyl (C=O) groups excluding carboxylic acids is 2. The molecule has 10 heteroatoms. The highest BCUT2D eigenvalue weighted by Crippen LogP contribution is 2.48. The molecule has 0 radical (unpaired) electrons. The molecule has 0 saturated carbocycles. The lowest BCUT2D eigenvalue weighted by Crippen LogP contribution is -2.60. The zero-order valence-corrected chi connectivity index (χ0v) is 24.6. The van der Waals surface area contributed by atoms with Crippen molar-refractivity contribution >= 4 is 33.2 Å². The van der Waals surface area contributed by atoms with Crippen LogP contribution >= 0.6 is 11.6 Å². The van der Waals surface area contributed by atoms with Gasteiger partial charge in [0.1, 0.15) is 16.9 Å². The van der Waals surface area contributed by atoms with E-state index in [0.717, 1.165) is 11.6 Å². The third-order valence-electron chi connectivity index (χ3n) is 7.49. The summed E-state index contributed by atoms with van der Waals surface area (Å²) in [5.74, 6) is -3.14. The average molecular weight is 624 g/mol. The van der Waals surface area contributed by atoms with Gasteiger partial charge in [0.2, 0.25) is 0 Å². The van der Waals surface area contributed by atoms with Crippen LogP contribution in [-0.4, -0.2) is 42.2 Å². The van der Waals surface area contributed by atoms with E-state index in [2.05, 4.69) is 0 Å². The second-order valence-electron chi connectivity index (χ2n) is 10.2. The lowest BCUT2D eigenvalue weighted by atomic mass is 9.90. The van der Waals surface area contributed by atoms with Crippen molar-refractivity contribution in [1.82, 2.24) is 4.90 Å². The molecular weight excluding hydrogens is 596 g/mol. The number of halogens is 3. The van der Waals surface area contributed by atoms with E-state index in [-0.39, 0.29) is 29.8 Å². The molecule has 0 amide bonds. The molecule has 0 N–H and O–H groups in total. The number of benzene rings is 4. The van der Waals surface area contributed by atoms with Crippen molar-refractivity contribution in [3.8, 4) is 0 Å². The third-order valence-corrected chi connectivity index (χ3v) is 10.1. The number of hydrogen-bond acceptors (Lipinski definition) is 6. The molecule has 0 bridgehead atoms. The Morgan fingerprint density at radius 3 is 1.88 bits per heavy atom. The smallest absolute Gasteiger partial charge is 0.326 e. The van der Waals surface area contributed by atoms with E-state index in [1.165, 1.54) is 73.7 Å². The molecule has 1 aliphatic heterocycles. The van der Waals surface area contributed by atoms with E-state index in [1.807, 2.05) is 18.2 Å².